The maximum Gasteiger partial charge on any atom is 0.352 e. The molecular weight excluding hydrogens is 224 g/mol. The molecule has 7 nitrogen and oxygen atoms in total. The van der Waals surface area contributed by atoms with Crippen LogP contribution >= 0.6 is 0 Å². The van der Waals surface area contributed by atoms with Crippen molar-refractivity contribution >= 4 is 11.6 Å². The number of nitrogens with one attached hydrogen (secondary N) is 1. The van der Waals surface area contributed by atoms with Gasteiger partial charge in [0.2, 0.25) is 5.95 Å². The van der Waals surface area contributed by atoms with Crippen molar-refractivity contribution in [2.24, 2.45) is 0 Å². The zero-order valence-electron chi connectivity index (χ0n) is 10.4. The van der Waals surface area contributed by atoms with Crippen molar-refractivity contribution in [2.45, 2.75) is 33.8 Å². The number of nitro groups is 1. The van der Waals surface area contributed by atoms with E-state index in [1.165, 1.54) is 0 Å². The number of nitrogens with zero attached hydrogens (tertiary/aromatic N) is 3. The van der Waals surface area contributed by atoms with Gasteiger partial charge >= 0.3 is 5.69 Å². The molecule has 0 unspecified atom stereocenters. The maximum absolute atomic E-state index is 10.9. The largest absolute Gasteiger partial charge is 0.470 e. The van der Waals surface area contributed by atoms with Gasteiger partial charge in [0.1, 0.15) is 5.69 Å². The molecule has 0 radical (unpaired) electrons. The first-order valence-corrected chi connectivity index (χ1v) is 5.39. The smallest absolute Gasteiger partial charge is 0.352 e. The van der Waals surface area contributed by atoms with Crippen molar-refractivity contribution in [3.63, 3.8) is 0 Å². The van der Waals surface area contributed by atoms with E-state index in [4.69, 9.17) is 4.74 Å². The highest BCUT2D eigenvalue weighted by Gasteiger charge is 2.24. The van der Waals surface area contributed by atoms with Crippen LogP contribution in [0.4, 0.5) is 11.6 Å². The molecular formula is C10H16N4O3. The average molecular weight is 240 g/mol. The van der Waals surface area contributed by atoms with E-state index in [-0.39, 0.29) is 23.4 Å². The number of aryl methyl sites for hydroxylation is 1. The molecule has 1 aromatic rings. The Kier molecular flexibility index (Phi) is 4.19. The standard InChI is InChI=1S/C10H16N4O3/c1-5-11-10-12-7(4)8(14(15)16)9(13-10)17-6(2)3/h6H,5H2,1-4H3,(H,11,12,13). The molecule has 1 aromatic heterocycles. The number of rotatable bonds is 5. The Morgan fingerprint density at radius 2 is 2.12 bits per heavy atom. The molecule has 0 aliphatic rings. The summed E-state index contributed by atoms with van der Waals surface area (Å²) in [6, 6.07) is 0. The molecule has 1 rings (SSSR count). The summed E-state index contributed by atoms with van der Waals surface area (Å²) in [6.45, 7) is 7.66. The van der Waals surface area contributed by atoms with E-state index in [1.807, 2.05) is 6.92 Å². The monoisotopic (exact) mass is 240 g/mol. The highest BCUT2D eigenvalue weighted by molar-refractivity contribution is 5.48. The van der Waals surface area contributed by atoms with Crippen LogP contribution in [-0.4, -0.2) is 27.5 Å². The van der Waals surface area contributed by atoms with E-state index in [0.717, 1.165) is 0 Å². The van der Waals surface area contributed by atoms with Gasteiger partial charge < -0.3 is 10.1 Å². The van der Waals surface area contributed by atoms with E-state index in [2.05, 4.69) is 15.3 Å². The van der Waals surface area contributed by atoms with Crippen LogP contribution in [0.5, 0.6) is 5.88 Å². The fourth-order valence-electron chi connectivity index (χ4n) is 1.29. The summed E-state index contributed by atoms with van der Waals surface area (Å²) in [4.78, 5) is 18.4. The lowest BCUT2D eigenvalue weighted by Gasteiger charge is -2.11. The van der Waals surface area contributed by atoms with E-state index in [1.54, 1.807) is 20.8 Å². The summed E-state index contributed by atoms with van der Waals surface area (Å²) in [5.74, 6) is 0.347. The van der Waals surface area contributed by atoms with Crippen molar-refractivity contribution in [1.29, 1.82) is 0 Å². The molecule has 7 heteroatoms. The summed E-state index contributed by atoms with van der Waals surface area (Å²) in [7, 11) is 0. The fraction of sp³-hybridized carbons (Fsp3) is 0.600. The van der Waals surface area contributed by atoms with E-state index >= 15 is 0 Å². The van der Waals surface area contributed by atoms with Crippen LogP contribution in [0.1, 0.15) is 26.5 Å². The molecule has 1 heterocycles. The van der Waals surface area contributed by atoms with Crippen LogP contribution in [-0.2, 0) is 0 Å². The lowest BCUT2D eigenvalue weighted by atomic mass is 10.3. The summed E-state index contributed by atoms with van der Waals surface area (Å²) in [5, 5.41) is 13.8. The first-order valence-electron chi connectivity index (χ1n) is 5.39. The van der Waals surface area contributed by atoms with Crippen LogP contribution in [0.15, 0.2) is 0 Å². The molecule has 0 aromatic carbocycles. The Bertz CT molecular complexity index is 420. The third-order valence-corrected chi connectivity index (χ3v) is 1.89. The molecule has 0 aliphatic carbocycles. The van der Waals surface area contributed by atoms with Crippen molar-refractivity contribution in [2.75, 3.05) is 11.9 Å². The second kappa shape index (κ2) is 5.42. The average Bonchev–Trinajstić information content (AvgIpc) is 2.15. The van der Waals surface area contributed by atoms with Gasteiger partial charge in [-0.15, -0.1) is 0 Å². The van der Waals surface area contributed by atoms with Crippen LogP contribution in [0.25, 0.3) is 0 Å². The van der Waals surface area contributed by atoms with Crippen LogP contribution in [0, 0.1) is 17.0 Å². The van der Waals surface area contributed by atoms with Gasteiger partial charge in [-0.3, -0.25) is 10.1 Å². The number of hydrogen-bond donors (Lipinski definition) is 1. The zero-order chi connectivity index (χ0) is 13.0. The minimum absolute atomic E-state index is 0.00782. The third kappa shape index (κ3) is 3.27. The highest BCUT2D eigenvalue weighted by atomic mass is 16.6. The number of hydrogen-bond acceptors (Lipinski definition) is 6. The summed E-state index contributed by atoms with van der Waals surface area (Å²) < 4.78 is 5.34. The molecule has 0 bridgehead atoms. The lowest BCUT2D eigenvalue weighted by Crippen LogP contribution is -2.12. The van der Waals surface area contributed by atoms with Crippen molar-refractivity contribution in [1.82, 2.24) is 9.97 Å². The SMILES string of the molecule is CCNc1nc(C)c([N+](=O)[O-])c(OC(C)C)n1. The number of anilines is 1. The van der Waals surface area contributed by atoms with Crippen LogP contribution in [0.3, 0.4) is 0 Å². The maximum atomic E-state index is 10.9. The van der Waals surface area contributed by atoms with Gasteiger partial charge in [-0.1, -0.05) is 0 Å². The number of aromatic nitrogens is 2. The molecule has 0 fully saturated rings. The van der Waals surface area contributed by atoms with Crippen LogP contribution < -0.4 is 10.1 Å². The first kappa shape index (κ1) is 13.1. The van der Waals surface area contributed by atoms with Gasteiger partial charge in [-0.25, -0.2) is 4.98 Å². The Morgan fingerprint density at radius 3 is 2.59 bits per heavy atom. The Labute approximate surface area is 99.4 Å². The van der Waals surface area contributed by atoms with Crippen LogP contribution in [0.2, 0.25) is 0 Å². The molecule has 0 aliphatic heterocycles. The van der Waals surface area contributed by atoms with E-state index < -0.39 is 4.92 Å². The Morgan fingerprint density at radius 1 is 1.47 bits per heavy atom. The molecule has 0 saturated carbocycles. The fourth-order valence-corrected chi connectivity index (χ4v) is 1.29. The predicted octanol–water partition coefficient (Wildman–Crippen LogP) is 1.91. The van der Waals surface area contributed by atoms with Gasteiger partial charge in [-0.2, -0.15) is 4.98 Å². The third-order valence-electron chi connectivity index (χ3n) is 1.89. The van der Waals surface area contributed by atoms with Gasteiger partial charge in [0.25, 0.3) is 5.88 Å². The minimum atomic E-state index is -0.525. The van der Waals surface area contributed by atoms with Crippen molar-refractivity contribution < 1.29 is 9.66 Å². The molecule has 0 amide bonds. The summed E-state index contributed by atoms with van der Waals surface area (Å²) >= 11 is 0. The normalized spacial score (nSPS) is 10.4. The highest BCUT2D eigenvalue weighted by Crippen LogP contribution is 2.29. The predicted molar refractivity (Wildman–Crippen MR) is 63.4 cm³/mol. The minimum Gasteiger partial charge on any atom is -0.470 e. The lowest BCUT2D eigenvalue weighted by molar-refractivity contribution is -0.387. The quantitative estimate of drug-likeness (QED) is 0.624. The van der Waals surface area contributed by atoms with Gasteiger partial charge in [0.05, 0.1) is 11.0 Å². The molecule has 1 N–H and O–H groups in total. The van der Waals surface area contributed by atoms with E-state index in [0.29, 0.717) is 12.5 Å². The van der Waals surface area contributed by atoms with Crippen molar-refractivity contribution in [3.05, 3.63) is 15.8 Å². The molecule has 94 valence electrons. The first-order chi connectivity index (χ1) is 7.95. The second-order valence-electron chi connectivity index (χ2n) is 3.74. The molecule has 17 heavy (non-hydrogen) atoms. The topological polar surface area (TPSA) is 90.2 Å². The van der Waals surface area contributed by atoms with Gasteiger partial charge in [-0.05, 0) is 27.7 Å². The number of ether oxygens (including phenoxy) is 1. The molecule has 0 spiro atoms. The van der Waals surface area contributed by atoms with Gasteiger partial charge in [0.15, 0.2) is 0 Å². The van der Waals surface area contributed by atoms with Crippen molar-refractivity contribution in [3.8, 4) is 5.88 Å². The zero-order valence-corrected chi connectivity index (χ0v) is 10.4. The molecule has 0 atom stereocenters. The summed E-state index contributed by atoms with van der Waals surface area (Å²) in [6.07, 6.45) is -0.183. The Balaban J connectivity index is 3.23. The Hall–Kier alpha value is -1.92. The molecule has 0 saturated heterocycles. The second-order valence-corrected chi connectivity index (χ2v) is 3.74. The summed E-state index contributed by atoms with van der Waals surface area (Å²) in [5.41, 5.74) is 0.108. The van der Waals surface area contributed by atoms with Gasteiger partial charge in [0, 0.05) is 6.54 Å². The van der Waals surface area contributed by atoms with E-state index in [9.17, 15) is 10.1 Å².